The lowest BCUT2D eigenvalue weighted by Gasteiger charge is -2.28. The molecule has 0 radical (unpaired) electrons. The summed E-state index contributed by atoms with van der Waals surface area (Å²) in [5.41, 5.74) is 4.15. The second kappa shape index (κ2) is 23.5. The van der Waals surface area contributed by atoms with E-state index in [4.69, 9.17) is 0 Å². The third kappa shape index (κ3) is 13.6. The summed E-state index contributed by atoms with van der Waals surface area (Å²) in [7, 11) is 0. The Hall–Kier alpha value is -7.23. The largest absolute Gasteiger partial charge is 0.479 e. The Morgan fingerprint density at radius 3 is 1.37 bits per heavy atom. The van der Waals surface area contributed by atoms with Crippen LogP contribution in [-0.2, 0) is 61.2 Å². The van der Waals surface area contributed by atoms with Gasteiger partial charge in [-0.25, -0.2) is 4.79 Å². The molecular weight excluding hydrogens is 829 g/mol. The molecule has 2 aliphatic heterocycles. The number of carboxylic acid groups (broad SMARTS) is 1. The van der Waals surface area contributed by atoms with Crippen molar-refractivity contribution in [3.8, 4) is 0 Å². The van der Waals surface area contributed by atoms with Crippen LogP contribution in [0.4, 0.5) is 0 Å². The highest BCUT2D eigenvalue weighted by Gasteiger charge is 2.40. The van der Waals surface area contributed by atoms with E-state index in [2.05, 4.69) is 20.9 Å². The second-order valence-corrected chi connectivity index (χ2v) is 16.0. The summed E-state index contributed by atoms with van der Waals surface area (Å²) in [5.74, 6) is -3.05. The molecule has 0 bridgehead atoms. The van der Waals surface area contributed by atoms with Gasteiger partial charge in [0, 0.05) is 32.1 Å². The summed E-state index contributed by atoms with van der Waals surface area (Å²) in [5, 5.41) is 38.5. The van der Waals surface area contributed by atoms with Crippen molar-refractivity contribution in [2.75, 3.05) is 0 Å². The molecule has 0 spiro atoms. The summed E-state index contributed by atoms with van der Waals surface area (Å²) in [6.07, 6.45) is 0.0912. The van der Waals surface area contributed by atoms with Crippen molar-refractivity contribution < 1.29 is 44.1 Å². The van der Waals surface area contributed by atoms with Gasteiger partial charge < -0.3 is 41.1 Å². The Balaban J connectivity index is 0.000000221. The van der Waals surface area contributed by atoms with E-state index in [0.29, 0.717) is 31.6 Å². The lowest BCUT2D eigenvalue weighted by Crippen LogP contribution is -2.55. The van der Waals surface area contributed by atoms with E-state index in [1.54, 1.807) is 47.5 Å². The minimum atomic E-state index is -1.75. The van der Waals surface area contributed by atoms with Gasteiger partial charge in [0.25, 0.3) is 5.91 Å². The fraction of sp³-hybridized carbons (Fsp3) is 0.300. The van der Waals surface area contributed by atoms with Crippen LogP contribution in [0.1, 0.15) is 53.6 Å². The van der Waals surface area contributed by atoms with Gasteiger partial charge >= 0.3 is 5.97 Å². The standard InChI is InChI=1S/C28H30N4O4.C22H24N2O5/c33-25-15-14-24(32(25)19-21-11-5-2-6-12-21)27(35)31-23(17-20-9-3-1-4-10-20)26(34)28(36)30-18-22-13-7-8-16-29-22;25-19-12-11-18(24(19)14-16-9-5-2-6-10-16)21(27)23-17(20(26)22(28)29)13-15-7-3-1-4-8-15/h1-13,16,23-24,26,34H,14-15,17-19H2,(H,30,36)(H,31,35);1-10,17-18,20,26H,11-14H2,(H,23,27)(H,28,29)/t23?,24-,26?;17?,18-,20?/m11/s1. The smallest absolute Gasteiger partial charge is 0.334 e. The van der Waals surface area contributed by atoms with Gasteiger partial charge in [0.2, 0.25) is 23.6 Å². The van der Waals surface area contributed by atoms with Crippen LogP contribution in [0.2, 0.25) is 0 Å². The number of aliphatic carboxylic acids is 1. The van der Waals surface area contributed by atoms with Crippen LogP contribution in [0, 0.1) is 0 Å². The Bertz CT molecular complexity index is 2340. The highest BCUT2D eigenvalue weighted by molar-refractivity contribution is 5.92. The van der Waals surface area contributed by atoms with Crippen LogP contribution in [0.3, 0.4) is 0 Å². The highest BCUT2D eigenvalue weighted by Crippen LogP contribution is 2.24. The van der Waals surface area contributed by atoms with Gasteiger partial charge in [-0.1, -0.05) is 127 Å². The normalized spacial score (nSPS) is 17.5. The minimum absolute atomic E-state index is 0.0905. The molecule has 338 valence electrons. The molecule has 7 rings (SSSR count). The molecule has 6 atom stereocenters. The molecule has 0 aliphatic carbocycles. The molecule has 5 amide bonds. The number of carbonyl (C=O) groups is 6. The van der Waals surface area contributed by atoms with Gasteiger partial charge in [-0.15, -0.1) is 0 Å². The molecule has 6 N–H and O–H groups in total. The summed E-state index contributed by atoms with van der Waals surface area (Å²) >= 11 is 0. The van der Waals surface area contributed by atoms with E-state index in [9.17, 15) is 44.1 Å². The number of carboxylic acids is 1. The molecular formula is C50H54N6O9. The number of aromatic nitrogens is 1. The molecule has 4 unspecified atom stereocenters. The highest BCUT2D eigenvalue weighted by atomic mass is 16.4. The monoisotopic (exact) mass is 882 g/mol. The lowest BCUT2D eigenvalue weighted by molar-refractivity contribution is -0.149. The average molecular weight is 883 g/mol. The molecule has 0 saturated carbocycles. The molecule has 4 aromatic carbocycles. The topological polar surface area (TPSA) is 219 Å². The number of hydrogen-bond donors (Lipinski definition) is 6. The van der Waals surface area contributed by atoms with Gasteiger partial charge in [-0.3, -0.25) is 29.0 Å². The first-order valence-electron chi connectivity index (χ1n) is 21.6. The Morgan fingerprint density at radius 1 is 0.569 bits per heavy atom. The fourth-order valence-electron chi connectivity index (χ4n) is 7.89. The van der Waals surface area contributed by atoms with Gasteiger partial charge in [0.05, 0.1) is 24.3 Å². The lowest BCUT2D eigenvalue weighted by atomic mass is 9.99. The molecule has 65 heavy (non-hydrogen) atoms. The summed E-state index contributed by atoms with van der Waals surface area (Å²) in [6.45, 7) is 0.793. The van der Waals surface area contributed by atoms with Crippen molar-refractivity contribution in [2.24, 2.45) is 0 Å². The zero-order valence-electron chi connectivity index (χ0n) is 35.8. The number of likely N-dealkylation sites (tertiary alicyclic amines) is 2. The van der Waals surface area contributed by atoms with E-state index >= 15 is 0 Å². The molecule has 3 heterocycles. The number of aliphatic hydroxyl groups is 2. The minimum Gasteiger partial charge on any atom is -0.479 e. The summed E-state index contributed by atoms with van der Waals surface area (Å²) in [6, 6.07) is 39.4. The van der Waals surface area contributed by atoms with Crippen LogP contribution in [0.25, 0.3) is 0 Å². The van der Waals surface area contributed by atoms with Crippen LogP contribution in [0.5, 0.6) is 0 Å². The van der Waals surface area contributed by atoms with Crippen molar-refractivity contribution in [3.63, 3.8) is 0 Å². The Kier molecular flexibility index (Phi) is 17.0. The van der Waals surface area contributed by atoms with E-state index in [1.807, 2.05) is 103 Å². The first-order valence-corrected chi connectivity index (χ1v) is 21.6. The molecule has 1 aromatic heterocycles. The average Bonchev–Trinajstić information content (AvgIpc) is 3.89. The number of aliphatic hydroxyl groups excluding tert-OH is 2. The first kappa shape index (κ1) is 47.3. The van der Waals surface area contributed by atoms with Crippen molar-refractivity contribution in [2.45, 2.75) is 94.5 Å². The van der Waals surface area contributed by atoms with Crippen molar-refractivity contribution >= 4 is 35.5 Å². The van der Waals surface area contributed by atoms with Crippen LogP contribution < -0.4 is 16.0 Å². The quantitative estimate of drug-likeness (QED) is 0.0755. The first-order chi connectivity index (χ1) is 31.5. The van der Waals surface area contributed by atoms with E-state index in [1.165, 1.54) is 4.90 Å². The van der Waals surface area contributed by atoms with Crippen molar-refractivity contribution in [1.29, 1.82) is 0 Å². The van der Waals surface area contributed by atoms with E-state index in [0.717, 1.165) is 22.3 Å². The predicted octanol–water partition coefficient (Wildman–Crippen LogP) is 3.33. The van der Waals surface area contributed by atoms with Crippen LogP contribution in [0.15, 0.2) is 146 Å². The zero-order valence-corrected chi connectivity index (χ0v) is 35.8. The molecule has 15 nitrogen and oxygen atoms in total. The number of benzene rings is 4. The van der Waals surface area contributed by atoms with Gasteiger partial charge in [-0.2, -0.15) is 0 Å². The van der Waals surface area contributed by atoms with E-state index in [-0.39, 0.29) is 49.9 Å². The van der Waals surface area contributed by atoms with Gasteiger partial charge in [0.15, 0.2) is 12.2 Å². The third-order valence-electron chi connectivity index (χ3n) is 11.4. The number of hydrogen-bond acceptors (Lipinski definition) is 9. The number of carbonyl (C=O) groups excluding carboxylic acids is 5. The van der Waals surface area contributed by atoms with Gasteiger partial charge in [0.1, 0.15) is 12.1 Å². The van der Waals surface area contributed by atoms with Crippen molar-refractivity contribution in [3.05, 3.63) is 174 Å². The maximum Gasteiger partial charge on any atom is 0.334 e. The zero-order chi connectivity index (χ0) is 46.1. The number of pyridine rings is 1. The third-order valence-corrected chi connectivity index (χ3v) is 11.4. The maximum absolute atomic E-state index is 13.3. The molecule has 15 heteroatoms. The Morgan fingerprint density at radius 2 is 0.969 bits per heavy atom. The van der Waals surface area contributed by atoms with Gasteiger partial charge in [-0.05, 0) is 60.1 Å². The van der Waals surface area contributed by atoms with Crippen LogP contribution in [-0.4, -0.2) is 102 Å². The number of nitrogens with one attached hydrogen (secondary N) is 3. The Labute approximate surface area is 377 Å². The second-order valence-electron chi connectivity index (χ2n) is 16.0. The van der Waals surface area contributed by atoms with Crippen molar-refractivity contribution in [1.82, 2.24) is 30.7 Å². The number of nitrogens with zero attached hydrogens (tertiary/aromatic N) is 3. The van der Waals surface area contributed by atoms with Crippen LogP contribution >= 0.6 is 0 Å². The van der Waals surface area contributed by atoms with E-state index < -0.39 is 54.2 Å². The molecule has 2 fully saturated rings. The predicted molar refractivity (Wildman–Crippen MR) is 240 cm³/mol. The summed E-state index contributed by atoms with van der Waals surface area (Å²) < 4.78 is 0. The molecule has 2 aliphatic rings. The fourth-order valence-corrected chi connectivity index (χ4v) is 7.89. The maximum atomic E-state index is 13.3. The summed E-state index contributed by atoms with van der Waals surface area (Å²) in [4.78, 5) is 82.5. The number of amides is 5. The molecule has 5 aromatic rings. The molecule has 2 saturated heterocycles. The number of rotatable bonds is 18. The SMILES string of the molecule is O=C(NCc1ccccn1)C(O)C(Cc1ccccc1)NC(=O)[C@H]1CCC(=O)N1Cc1ccccc1.O=C(O)C(O)C(Cc1ccccc1)NC(=O)[C@H]1CCC(=O)N1Cc1ccccc1.